The summed E-state index contributed by atoms with van der Waals surface area (Å²) in [6.45, 7) is 6.33. The van der Waals surface area contributed by atoms with Gasteiger partial charge in [0.15, 0.2) is 0 Å². The number of H-pyrrole nitrogens is 1. The average molecular weight is 501 g/mol. The zero-order valence-electron chi connectivity index (χ0n) is 20.0. The number of aromatic amines is 1. The highest BCUT2D eigenvalue weighted by atomic mass is 35.5. The first-order chi connectivity index (χ1) is 17.5. The van der Waals surface area contributed by atoms with Crippen LogP contribution in [0.3, 0.4) is 0 Å². The molecule has 0 atom stereocenters. The maximum atomic E-state index is 6.76. The van der Waals surface area contributed by atoms with E-state index in [9.17, 15) is 0 Å². The van der Waals surface area contributed by atoms with Crippen LogP contribution >= 0.6 is 11.6 Å². The maximum absolute atomic E-state index is 6.76. The van der Waals surface area contributed by atoms with Crippen molar-refractivity contribution in [2.75, 3.05) is 33.2 Å². The summed E-state index contributed by atoms with van der Waals surface area (Å²) in [6.07, 6.45) is 5.68. The van der Waals surface area contributed by atoms with Gasteiger partial charge in [0.25, 0.3) is 0 Å². The number of fused-ring (bicyclic) bond motifs is 2. The Morgan fingerprint density at radius 2 is 1.83 bits per heavy atom. The number of hydrogen-bond donors (Lipinski definition) is 1. The van der Waals surface area contributed by atoms with Gasteiger partial charge >= 0.3 is 0 Å². The van der Waals surface area contributed by atoms with Crippen molar-refractivity contribution in [2.45, 2.75) is 19.0 Å². The summed E-state index contributed by atoms with van der Waals surface area (Å²) in [6, 6.07) is 10.5. The second-order valence-electron chi connectivity index (χ2n) is 9.80. The van der Waals surface area contributed by atoms with Gasteiger partial charge in [-0.1, -0.05) is 11.6 Å². The minimum Gasteiger partial charge on any atom is -0.456 e. The third kappa shape index (κ3) is 3.71. The molecule has 0 aliphatic carbocycles. The fourth-order valence-corrected chi connectivity index (χ4v) is 5.31. The van der Waals surface area contributed by atoms with Crippen LogP contribution in [0, 0.1) is 6.92 Å². The molecule has 0 radical (unpaired) electrons. The molecule has 3 aromatic heterocycles. The smallest absolute Gasteiger partial charge is 0.148 e. The van der Waals surface area contributed by atoms with E-state index in [0.29, 0.717) is 39.6 Å². The molecule has 2 saturated heterocycles. The lowest BCUT2D eigenvalue weighted by Crippen LogP contribution is -2.64. The topological polar surface area (TPSA) is 88.0 Å². The Hall–Kier alpha value is -3.53. The van der Waals surface area contributed by atoms with E-state index in [1.807, 2.05) is 43.5 Å². The average Bonchev–Trinajstić information content (AvgIpc) is 3.44. The molecule has 2 aliphatic heterocycles. The fourth-order valence-electron chi connectivity index (χ4n) is 5.07. The Morgan fingerprint density at radius 1 is 1.00 bits per heavy atom. The van der Waals surface area contributed by atoms with Crippen molar-refractivity contribution in [3.63, 3.8) is 0 Å². The van der Waals surface area contributed by atoms with Gasteiger partial charge in [-0.25, -0.2) is 9.97 Å². The number of nitrogens with zero attached hydrogens (tertiary/aromatic N) is 7. The summed E-state index contributed by atoms with van der Waals surface area (Å²) in [5, 5.41) is 5.04. The first kappa shape index (κ1) is 21.7. The SMILES string of the molecule is Cc1nc2ccc(Oc3ccc4ncc(-c5cnn(C6CN(C7CN(C)C7)C6)c5)nc4c3Cl)cc2[nH]1. The third-order valence-electron chi connectivity index (χ3n) is 7.14. The van der Waals surface area contributed by atoms with Gasteiger partial charge in [-0.2, -0.15) is 5.10 Å². The Labute approximate surface area is 212 Å². The van der Waals surface area contributed by atoms with E-state index < -0.39 is 0 Å². The van der Waals surface area contributed by atoms with Gasteiger partial charge in [0.05, 0.1) is 40.7 Å². The van der Waals surface area contributed by atoms with E-state index in [1.165, 1.54) is 0 Å². The molecule has 2 aromatic carbocycles. The van der Waals surface area contributed by atoms with Gasteiger partial charge in [-0.15, -0.1) is 0 Å². The molecule has 7 rings (SSSR count). The van der Waals surface area contributed by atoms with Crippen molar-refractivity contribution >= 4 is 33.7 Å². The third-order valence-corrected chi connectivity index (χ3v) is 7.51. The molecule has 0 spiro atoms. The van der Waals surface area contributed by atoms with Crippen LogP contribution in [0.2, 0.25) is 5.02 Å². The Kier molecular flexibility index (Phi) is 4.99. The minimum atomic E-state index is 0.401. The van der Waals surface area contributed by atoms with Crippen molar-refractivity contribution in [3.05, 3.63) is 59.8 Å². The molecule has 182 valence electrons. The van der Waals surface area contributed by atoms with Crippen molar-refractivity contribution < 1.29 is 4.74 Å². The van der Waals surface area contributed by atoms with E-state index in [2.05, 4.69) is 47.8 Å². The number of benzene rings is 2. The van der Waals surface area contributed by atoms with Gasteiger partial charge in [0.1, 0.15) is 27.9 Å². The second-order valence-corrected chi connectivity index (χ2v) is 10.2. The molecule has 0 amide bonds. The molecular formula is C26H25ClN8O. The van der Waals surface area contributed by atoms with Crippen molar-refractivity contribution in [1.82, 2.24) is 39.5 Å². The van der Waals surface area contributed by atoms with Crippen molar-refractivity contribution in [2.24, 2.45) is 0 Å². The molecule has 5 heterocycles. The molecule has 0 bridgehead atoms. The monoisotopic (exact) mass is 500 g/mol. The standard InChI is InChI=1S/C26H25ClN8O/c1-15-30-20-4-3-19(7-22(20)31-15)36-24-6-5-21-26(25(24)27)32-23(9-28-21)16-8-29-35(10-16)18-13-34(14-18)17-11-33(2)12-17/h3-10,17-18H,11-14H2,1-2H3,(H,30,31). The zero-order valence-corrected chi connectivity index (χ0v) is 20.8. The van der Waals surface area contributed by atoms with Crippen molar-refractivity contribution in [3.8, 4) is 22.8 Å². The minimum absolute atomic E-state index is 0.401. The van der Waals surface area contributed by atoms with E-state index in [-0.39, 0.29) is 0 Å². The molecule has 1 N–H and O–H groups in total. The van der Waals surface area contributed by atoms with E-state index in [0.717, 1.165) is 54.3 Å². The van der Waals surface area contributed by atoms with Crippen molar-refractivity contribution in [1.29, 1.82) is 0 Å². The summed E-state index contributed by atoms with van der Waals surface area (Å²) in [7, 11) is 2.17. The highest BCUT2D eigenvalue weighted by molar-refractivity contribution is 6.36. The predicted octanol–water partition coefficient (Wildman–Crippen LogP) is 4.29. The molecule has 5 aromatic rings. The van der Waals surface area contributed by atoms with Gasteiger partial charge < -0.3 is 14.6 Å². The number of nitrogens with one attached hydrogen (secondary N) is 1. The predicted molar refractivity (Wildman–Crippen MR) is 139 cm³/mol. The summed E-state index contributed by atoms with van der Waals surface area (Å²) < 4.78 is 8.17. The number of likely N-dealkylation sites (N-methyl/N-ethyl adjacent to an activating group) is 1. The van der Waals surface area contributed by atoms with E-state index >= 15 is 0 Å². The normalized spacial score (nSPS) is 17.5. The lowest BCUT2D eigenvalue weighted by atomic mass is 10.0. The highest BCUT2D eigenvalue weighted by Crippen LogP contribution is 2.36. The largest absolute Gasteiger partial charge is 0.456 e. The van der Waals surface area contributed by atoms with E-state index in [1.54, 1.807) is 6.20 Å². The van der Waals surface area contributed by atoms with Crippen LogP contribution in [-0.2, 0) is 0 Å². The summed E-state index contributed by atoms with van der Waals surface area (Å²) in [4.78, 5) is 22.0. The van der Waals surface area contributed by atoms with Gasteiger partial charge in [0, 0.05) is 50.0 Å². The summed E-state index contributed by atoms with van der Waals surface area (Å²) in [5.74, 6) is 2.05. The van der Waals surface area contributed by atoms with Crippen LogP contribution in [0.1, 0.15) is 11.9 Å². The van der Waals surface area contributed by atoms with Crippen LogP contribution in [0.4, 0.5) is 0 Å². The Balaban J connectivity index is 1.12. The number of aryl methyl sites for hydroxylation is 1. The molecule has 2 aliphatic rings. The summed E-state index contributed by atoms with van der Waals surface area (Å²) >= 11 is 6.76. The molecule has 36 heavy (non-hydrogen) atoms. The quantitative estimate of drug-likeness (QED) is 0.385. The van der Waals surface area contributed by atoms with Gasteiger partial charge in [-0.05, 0) is 38.2 Å². The van der Waals surface area contributed by atoms with E-state index in [4.69, 9.17) is 21.3 Å². The number of imidazole rings is 1. The Bertz CT molecular complexity index is 1600. The second kappa shape index (κ2) is 8.26. The Morgan fingerprint density at radius 3 is 2.67 bits per heavy atom. The molecule has 9 nitrogen and oxygen atoms in total. The van der Waals surface area contributed by atoms with Crippen LogP contribution < -0.4 is 4.74 Å². The van der Waals surface area contributed by atoms with Crippen LogP contribution in [0.5, 0.6) is 11.5 Å². The number of aromatic nitrogens is 6. The van der Waals surface area contributed by atoms with Gasteiger partial charge in [-0.3, -0.25) is 14.6 Å². The number of rotatable bonds is 5. The zero-order chi connectivity index (χ0) is 24.4. The number of ether oxygens (including phenoxy) is 1. The maximum Gasteiger partial charge on any atom is 0.148 e. The molecule has 2 fully saturated rings. The molecule has 10 heteroatoms. The first-order valence-corrected chi connectivity index (χ1v) is 12.4. The van der Waals surface area contributed by atoms with Crippen LogP contribution in [-0.4, -0.2) is 78.8 Å². The lowest BCUT2D eigenvalue weighted by Gasteiger charge is -2.50. The van der Waals surface area contributed by atoms with Crippen LogP contribution in [0.15, 0.2) is 48.9 Å². The molecule has 0 unspecified atom stereocenters. The van der Waals surface area contributed by atoms with Gasteiger partial charge in [0.2, 0.25) is 0 Å². The molecule has 0 saturated carbocycles. The summed E-state index contributed by atoms with van der Waals surface area (Å²) in [5.41, 5.74) is 4.78. The first-order valence-electron chi connectivity index (χ1n) is 12.1. The van der Waals surface area contributed by atoms with Crippen LogP contribution in [0.25, 0.3) is 33.3 Å². The lowest BCUT2D eigenvalue weighted by molar-refractivity contribution is -0.0188. The molecular weight excluding hydrogens is 476 g/mol. The number of likely N-dealkylation sites (tertiary alicyclic amines) is 2. The number of hydrogen-bond acceptors (Lipinski definition) is 7. The highest BCUT2D eigenvalue weighted by Gasteiger charge is 2.38. The number of halogens is 1. The fraction of sp³-hybridized carbons (Fsp3) is 0.308.